The summed E-state index contributed by atoms with van der Waals surface area (Å²) in [5, 5.41) is 9.73. The number of hydrogen-bond donors (Lipinski definition) is 1. The highest BCUT2D eigenvalue weighted by Crippen LogP contribution is 2.13. The van der Waals surface area contributed by atoms with Crippen molar-refractivity contribution in [2.75, 3.05) is 0 Å². The maximum absolute atomic E-state index is 9.73. The Balaban J connectivity index is 3.14. The molecule has 0 aliphatic heterocycles. The molecule has 0 aromatic heterocycles. The predicted octanol–water partition coefficient (Wildman–Crippen LogP) is 7.43. The van der Waals surface area contributed by atoms with Gasteiger partial charge in [-0.1, -0.05) is 97.1 Å². The molecule has 0 heterocycles. The van der Waals surface area contributed by atoms with Crippen molar-refractivity contribution in [3.63, 3.8) is 0 Å². The van der Waals surface area contributed by atoms with Crippen LogP contribution in [0.4, 0.5) is 0 Å². The van der Waals surface area contributed by atoms with Gasteiger partial charge in [0.15, 0.2) is 0 Å². The number of aliphatic hydroxyl groups is 1. The van der Waals surface area contributed by atoms with E-state index in [4.69, 9.17) is 0 Å². The Bertz CT molecular complexity index is 244. The van der Waals surface area contributed by atoms with Crippen molar-refractivity contribution in [2.24, 2.45) is 5.92 Å². The first-order valence-corrected chi connectivity index (χ1v) is 10.5. The van der Waals surface area contributed by atoms with Crippen molar-refractivity contribution in [1.82, 2.24) is 0 Å². The van der Waals surface area contributed by atoms with E-state index in [9.17, 15) is 5.11 Å². The monoisotopic (exact) mass is 324 g/mol. The third-order valence-electron chi connectivity index (χ3n) is 4.78. The summed E-state index contributed by atoms with van der Waals surface area (Å²) in [5.74, 6) is 0.413. The summed E-state index contributed by atoms with van der Waals surface area (Å²) < 4.78 is 0. The zero-order chi connectivity index (χ0) is 17.2. The van der Waals surface area contributed by atoms with Gasteiger partial charge in [-0.25, -0.2) is 0 Å². The lowest BCUT2D eigenvalue weighted by Gasteiger charge is -2.13. The molecule has 0 spiro atoms. The van der Waals surface area contributed by atoms with E-state index < -0.39 is 0 Å². The Labute approximate surface area is 147 Å². The average Bonchev–Trinajstić information content (AvgIpc) is 2.54. The number of allylic oxidation sites excluding steroid dienone is 2. The van der Waals surface area contributed by atoms with Crippen molar-refractivity contribution in [2.45, 2.75) is 123 Å². The molecule has 0 saturated carbocycles. The maximum atomic E-state index is 9.73. The maximum Gasteiger partial charge on any atom is 0.0563 e. The van der Waals surface area contributed by atoms with Crippen molar-refractivity contribution in [3.05, 3.63) is 12.2 Å². The summed E-state index contributed by atoms with van der Waals surface area (Å²) in [6.45, 7) is 6.48. The van der Waals surface area contributed by atoms with E-state index >= 15 is 0 Å². The molecule has 0 aliphatic carbocycles. The number of rotatable bonds is 17. The van der Waals surface area contributed by atoms with Crippen molar-refractivity contribution >= 4 is 0 Å². The van der Waals surface area contributed by atoms with Crippen LogP contribution in [0.3, 0.4) is 0 Å². The molecule has 0 aliphatic rings. The molecule has 0 bridgehead atoms. The Morgan fingerprint density at radius 3 is 1.57 bits per heavy atom. The van der Waals surface area contributed by atoms with Crippen molar-refractivity contribution in [1.29, 1.82) is 0 Å². The first kappa shape index (κ1) is 22.7. The molecule has 0 unspecified atom stereocenters. The fraction of sp³-hybridized carbons (Fsp3) is 0.909. The summed E-state index contributed by atoms with van der Waals surface area (Å²) in [4.78, 5) is 0. The van der Waals surface area contributed by atoms with Gasteiger partial charge >= 0.3 is 0 Å². The molecule has 23 heavy (non-hydrogen) atoms. The summed E-state index contributed by atoms with van der Waals surface area (Å²) in [6, 6.07) is 0. The fourth-order valence-corrected chi connectivity index (χ4v) is 2.93. The normalized spacial score (nSPS) is 13.3. The highest BCUT2D eigenvalue weighted by Gasteiger charge is 2.07. The van der Waals surface area contributed by atoms with Crippen LogP contribution in [-0.4, -0.2) is 11.2 Å². The first-order valence-electron chi connectivity index (χ1n) is 10.5. The van der Waals surface area contributed by atoms with Gasteiger partial charge in [0.2, 0.25) is 0 Å². The number of hydrogen-bond acceptors (Lipinski definition) is 1. The van der Waals surface area contributed by atoms with Crippen LogP contribution in [-0.2, 0) is 0 Å². The third kappa shape index (κ3) is 17.9. The quantitative estimate of drug-likeness (QED) is 0.218. The van der Waals surface area contributed by atoms with E-state index in [2.05, 4.69) is 32.9 Å². The van der Waals surface area contributed by atoms with E-state index in [0.29, 0.717) is 5.92 Å². The topological polar surface area (TPSA) is 20.2 Å². The predicted molar refractivity (Wildman–Crippen MR) is 105 cm³/mol. The molecular formula is C22H44O. The van der Waals surface area contributed by atoms with Crippen LogP contribution in [0.2, 0.25) is 0 Å². The largest absolute Gasteiger partial charge is 0.393 e. The van der Waals surface area contributed by atoms with Crippen molar-refractivity contribution < 1.29 is 5.11 Å². The van der Waals surface area contributed by atoms with Crippen LogP contribution in [0.5, 0.6) is 0 Å². The molecule has 1 nitrogen and oxygen atoms in total. The van der Waals surface area contributed by atoms with E-state index in [1.165, 1.54) is 89.9 Å². The van der Waals surface area contributed by atoms with Crippen molar-refractivity contribution in [3.8, 4) is 0 Å². The van der Waals surface area contributed by atoms with E-state index in [1.807, 2.05) is 0 Å². The van der Waals surface area contributed by atoms with E-state index in [0.717, 1.165) is 6.42 Å². The van der Waals surface area contributed by atoms with E-state index in [1.54, 1.807) is 0 Å². The molecule has 1 N–H and O–H groups in total. The second-order valence-corrected chi connectivity index (χ2v) is 7.54. The highest BCUT2D eigenvalue weighted by atomic mass is 16.3. The van der Waals surface area contributed by atoms with Crippen LogP contribution in [0.15, 0.2) is 12.2 Å². The van der Waals surface area contributed by atoms with Gasteiger partial charge in [0.05, 0.1) is 6.10 Å². The second-order valence-electron chi connectivity index (χ2n) is 7.54. The zero-order valence-electron chi connectivity index (χ0n) is 16.4. The van der Waals surface area contributed by atoms with Crippen LogP contribution in [0.25, 0.3) is 0 Å². The van der Waals surface area contributed by atoms with Gasteiger partial charge in [-0.3, -0.25) is 0 Å². The van der Waals surface area contributed by atoms with Crippen LogP contribution in [0, 0.1) is 5.92 Å². The Kier molecular flexibility index (Phi) is 17.8. The second kappa shape index (κ2) is 18.0. The Morgan fingerprint density at radius 2 is 1.09 bits per heavy atom. The lowest BCUT2D eigenvalue weighted by Crippen LogP contribution is -2.13. The lowest BCUT2D eigenvalue weighted by molar-refractivity contribution is 0.113. The number of unbranched alkanes of at least 4 members (excludes halogenated alkanes) is 12. The minimum atomic E-state index is -0.0930. The molecule has 0 aromatic carbocycles. The minimum Gasteiger partial charge on any atom is -0.393 e. The summed E-state index contributed by atoms with van der Waals surface area (Å²) >= 11 is 0. The summed E-state index contributed by atoms with van der Waals surface area (Å²) in [7, 11) is 0. The van der Waals surface area contributed by atoms with Crippen LogP contribution < -0.4 is 0 Å². The van der Waals surface area contributed by atoms with Crippen LogP contribution in [0.1, 0.15) is 117 Å². The van der Waals surface area contributed by atoms with Crippen LogP contribution >= 0.6 is 0 Å². The smallest absolute Gasteiger partial charge is 0.0563 e. The van der Waals surface area contributed by atoms with Gasteiger partial charge in [0.25, 0.3) is 0 Å². The molecule has 0 saturated heterocycles. The van der Waals surface area contributed by atoms with Gasteiger partial charge in [-0.05, 0) is 38.0 Å². The molecule has 0 fully saturated rings. The fourth-order valence-electron chi connectivity index (χ4n) is 2.93. The van der Waals surface area contributed by atoms with E-state index in [-0.39, 0.29) is 6.10 Å². The minimum absolute atomic E-state index is 0.0930. The Hall–Kier alpha value is -0.300. The molecule has 1 atom stereocenters. The molecule has 0 aromatic rings. The molecule has 138 valence electrons. The molecule has 1 heteroatoms. The average molecular weight is 325 g/mol. The molecular weight excluding hydrogens is 280 g/mol. The third-order valence-corrected chi connectivity index (χ3v) is 4.78. The molecule has 0 amide bonds. The highest BCUT2D eigenvalue weighted by molar-refractivity contribution is 4.81. The van der Waals surface area contributed by atoms with Gasteiger partial charge < -0.3 is 5.11 Å². The number of aliphatic hydroxyl groups excluding tert-OH is 1. The van der Waals surface area contributed by atoms with Gasteiger partial charge in [-0.15, -0.1) is 0 Å². The SMILES string of the molecule is CCCCCCCCC/C=C/CCCCCCC[C@@H](O)C(C)C. The van der Waals surface area contributed by atoms with Gasteiger partial charge in [0.1, 0.15) is 0 Å². The summed E-state index contributed by atoms with van der Waals surface area (Å²) in [5.41, 5.74) is 0. The first-order chi connectivity index (χ1) is 11.2. The molecule has 0 rings (SSSR count). The standard InChI is InChI=1S/C22H44O/c1-4-5-6-7-8-9-10-11-12-13-14-15-16-17-18-19-20-22(23)21(2)3/h12-13,21-23H,4-11,14-20H2,1-3H3/b13-12+/t22-/m1/s1. The Morgan fingerprint density at radius 1 is 0.652 bits per heavy atom. The lowest BCUT2D eigenvalue weighted by atomic mass is 10.00. The summed E-state index contributed by atoms with van der Waals surface area (Å²) in [6.07, 6.45) is 24.5. The van der Waals surface area contributed by atoms with Gasteiger partial charge in [0, 0.05) is 0 Å². The molecule has 0 radical (unpaired) electrons. The van der Waals surface area contributed by atoms with Gasteiger partial charge in [-0.2, -0.15) is 0 Å². The zero-order valence-corrected chi connectivity index (χ0v) is 16.4.